The van der Waals surface area contributed by atoms with Crippen molar-refractivity contribution in [2.24, 2.45) is 0 Å². The number of rotatable bonds is 2. The number of carbonyl (C=O) groups excluding carboxylic acids is 1. The largest absolute Gasteiger partial charge is 0.310 e. The highest BCUT2D eigenvalue weighted by Crippen LogP contribution is 2.43. The van der Waals surface area contributed by atoms with Gasteiger partial charge in [-0.1, -0.05) is 41.9 Å². The van der Waals surface area contributed by atoms with Crippen LogP contribution in [-0.2, 0) is 4.79 Å². The van der Waals surface area contributed by atoms with E-state index >= 15 is 0 Å². The Balaban J connectivity index is 1.88. The summed E-state index contributed by atoms with van der Waals surface area (Å²) in [5.41, 5.74) is 3.99. The molecule has 1 N–H and O–H groups in total. The van der Waals surface area contributed by atoms with Crippen molar-refractivity contribution in [1.82, 2.24) is 9.78 Å². The van der Waals surface area contributed by atoms with E-state index in [1.165, 1.54) is 0 Å². The molecule has 6 heteroatoms. The van der Waals surface area contributed by atoms with Gasteiger partial charge in [0.25, 0.3) is 0 Å². The lowest BCUT2D eigenvalue weighted by atomic mass is 10.0. The van der Waals surface area contributed by atoms with E-state index < -0.39 is 0 Å². The Morgan fingerprint density at radius 3 is 2.60 bits per heavy atom. The lowest BCUT2D eigenvalue weighted by molar-refractivity contribution is -0.113. The number of aryl methyl sites for hydroxylation is 1. The first-order chi connectivity index (χ1) is 12.1. The molecule has 126 valence electrons. The van der Waals surface area contributed by atoms with E-state index in [4.69, 9.17) is 16.7 Å². The number of benzene rings is 2. The zero-order valence-corrected chi connectivity index (χ0v) is 15.1. The highest BCUT2D eigenvalue weighted by Gasteiger charge is 2.30. The van der Waals surface area contributed by atoms with Crippen LogP contribution < -0.4 is 5.32 Å². The minimum atomic E-state index is -0.0141. The van der Waals surface area contributed by atoms with Crippen molar-refractivity contribution >= 4 is 35.1 Å². The molecule has 2 aromatic carbocycles. The zero-order chi connectivity index (χ0) is 17.4. The van der Waals surface area contributed by atoms with E-state index in [0.717, 1.165) is 28.3 Å². The molecule has 2 heterocycles. The Kier molecular flexibility index (Phi) is 4.27. The summed E-state index contributed by atoms with van der Waals surface area (Å²) in [7, 11) is 0. The number of hydrogen-bond acceptors (Lipinski definition) is 3. The Labute approximate surface area is 155 Å². The van der Waals surface area contributed by atoms with Crippen LogP contribution in [0.3, 0.4) is 0 Å². The van der Waals surface area contributed by atoms with Crippen molar-refractivity contribution in [3.63, 3.8) is 0 Å². The molecule has 1 aromatic heterocycles. The van der Waals surface area contributed by atoms with Crippen LogP contribution in [0.2, 0.25) is 5.02 Å². The second kappa shape index (κ2) is 6.58. The summed E-state index contributed by atoms with van der Waals surface area (Å²) in [5, 5.41) is 8.46. The molecule has 0 bridgehead atoms. The second-order valence-corrected chi connectivity index (χ2v) is 7.42. The van der Waals surface area contributed by atoms with Crippen molar-refractivity contribution in [2.75, 3.05) is 11.1 Å². The van der Waals surface area contributed by atoms with E-state index in [0.29, 0.717) is 10.8 Å². The second-order valence-electron chi connectivity index (χ2n) is 5.89. The highest BCUT2D eigenvalue weighted by atomic mass is 35.5. The number of nitrogens with one attached hydrogen (secondary N) is 1. The van der Waals surface area contributed by atoms with Gasteiger partial charge in [-0.3, -0.25) is 4.79 Å². The minimum absolute atomic E-state index is 0.0141. The third-order valence-electron chi connectivity index (χ3n) is 4.18. The molecule has 4 rings (SSSR count). The summed E-state index contributed by atoms with van der Waals surface area (Å²) in [6.45, 7) is 1.99. The highest BCUT2D eigenvalue weighted by molar-refractivity contribution is 8.00. The van der Waals surface area contributed by atoms with Crippen molar-refractivity contribution in [3.05, 3.63) is 76.4 Å². The van der Waals surface area contributed by atoms with Crippen molar-refractivity contribution in [2.45, 2.75) is 12.2 Å². The summed E-state index contributed by atoms with van der Waals surface area (Å²) in [4.78, 5) is 12.3. The fraction of sp³-hybridized carbons (Fsp3) is 0.158. The maximum absolute atomic E-state index is 12.3. The van der Waals surface area contributed by atoms with Gasteiger partial charge in [-0.15, -0.1) is 11.8 Å². The number of amides is 1. The van der Waals surface area contributed by atoms with Gasteiger partial charge in [-0.2, -0.15) is 5.10 Å². The molecule has 3 aromatic rings. The molecule has 0 saturated carbocycles. The molecule has 1 amide bonds. The SMILES string of the molecule is Cc1nn(-c2ccccc2)c2c1C(c1ccc(Cl)cc1)SCC(=O)N2. The van der Waals surface area contributed by atoms with Gasteiger partial charge >= 0.3 is 0 Å². The number of anilines is 1. The van der Waals surface area contributed by atoms with Crippen molar-refractivity contribution in [3.8, 4) is 5.69 Å². The number of carbonyl (C=O) groups is 1. The van der Waals surface area contributed by atoms with E-state index in [-0.39, 0.29) is 11.2 Å². The van der Waals surface area contributed by atoms with Crippen LogP contribution in [-0.4, -0.2) is 21.4 Å². The van der Waals surface area contributed by atoms with E-state index in [2.05, 4.69) is 5.32 Å². The van der Waals surface area contributed by atoms with Crippen LogP contribution >= 0.6 is 23.4 Å². The van der Waals surface area contributed by atoms with Crippen LogP contribution in [0.5, 0.6) is 0 Å². The fourth-order valence-corrected chi connectivity index (χ4v) is 4.36. The van der Waals surface area contributed by atoms with Gasteiger partial charge in [-0.25, -0.2) is 4.68 Å². The number of thioether (sulfide) groups is 1. The normalized spacial score (nSPS) is 16.9. The van der Waals surface area contributed by atoms with Crippen molar-refractivity contribution < 1.29 is 4.79 Å². The number of fused-ring (bicyclic) bond motifs is 1. The topological polar surface area (TPSA) is 46.9 Å². The summed E-state index contributed by atoms with van der Waals surface area (Å²) in [5.74, 6) is 1.13. The predicted molar refractivity (Wildman–Crippen MR) is 103 cm³/mol. The predicted octanol–water partition coefficient (Wildman–Crippen LogP) is 4.61. The first kappa shape index (κ1) is 16.2. The molecule has 0 fully saturated rings. The van der Waals surface area contributed by atoms with Crippen LogP contribution in [0.25, 0.3) is 5.69 Å². The Hall–Kier alpha value is -2.24. The van der Waals surface area contributed by atoms with Gasteiger partial charge in [0.2, 0.25) is 5.91 Å². The number of para-hydroxylation sites is 1. The summed E-state index contributed by atoms with van der Waals surface area (Å²) < 4.78 is 1.82. The average Bonchev–Trinajstić information content (AvgIpc) is 2.83. The number of aromatic nitrogens is 2. The smallest absolute Gasteiger partial charge is 0.235 e. The average molecular weight is 370 g/mol. The van der Waals surface area contributed by atoms with Gasteiger partial charge in [0.05, 0.1) is 22.4 Å². The van der Waals surface area contributed by atoms with Crippen LogP contribution in [0.15, 0.2) is 54.6 Å². The molecule has 25 heavy (non-hydrogen) atoms. The zero-order valence-electron chi connectivity index (χ0n) is 13.6. The van der Waals surface area contributed by atoms with Gasteiger partial charge in [0, 0.05) is 10.6 Å². The van der Waals surface area contributed by atoms with Gasteiger partial charge in [0.1, 0.15) is 5.82 Å². The van der Waals surface area contributed by atoms with E-state index in [1.807, 2.05) is 66.2 Å². The Bertz CT molecular complexity index is 922. The molecule has 1 unspecified atom stereocenters. The van der Waals surface area contributed by atoms with Gasteiger partial charge < -0.3 is 5.32 Å². The third-order valence-corrected chi connectivity index (χ3v) is 5.70. The minimum Gasteiger partial charge on any atom is -0.310 e. The molecule has 0 aliphatic carbocycles. The molecule has 0 saturated heterocycles. The molecular weight excluding hydrogens is 354 g/mol. The maximum atomic E-state index is 12.3. The standard InChI is InChI=1S/C19H16ClN3OS/c1-12-17-18(13-7-9-14(20)10-8-13)25-11-16(24)21-19(17)23(22-12)15-5-3-2-4-6-15/h2-10,18H,11H2,1H3,(H,21,24). The van der Waals surface area contributed by atoms with Crippen LogP contribution in [0, 0.1) is 6.92 Å². The number of nitrogens with zero attached hydrogens (tertiary/aromatic N) is 2. The maximum Gasteiger partial charge on any atom is 0.235 e. The van der Waals surface area contributed by atoms with Crippen LogP contribution in [0.1, 0.15) is 22.1 Å². The number of halogens is 1. The molecule has 1 aliphatic heterocycles. The molecule has 1 aliphatic rings. The van der Waals surface area contributed by atoms with E-state index in [1.54, 1.807) is 11.8 Å². The fourth-order valence-electron chi connectivity index (χ4n) is 3.04. The quantitative estimate of drug-likeness (QED) is 0.717. The van der Waals surface area contributed by atoms with Crippen molar-refractivity contribution in [1.29, 1.82) is 0 Å². The number of hydrogen-bond donors (Lipinski definition) is 1. The summed E-state index contributed by atoms with van der Waals surface area (Å²) in [6, 6.07) is 17.6. The molecule has 1 atom stereocenters. The summed E-state index contributed by atoms with van der Waals surface area (Å²) >= 11 is 7.64. The summed E-state index contributed by atoms with van der Waals surface area (Å²) in [6.07, 6.45) is 0. The molecule has 0 spiro atoms. The first-order valence-electron chi connectivity index (χ1n) is 7.95. The molecular formula is C19H16ClN3OS. The lowest BCUT2D eigenvalue weighted by Crippen LogP contribution is -2.15. The van der Waals surface area contributed by atoms with Gasteiger partial charge in [0.15, 0.2) is 0 Å². The Morgan fingerprint density at radius 1 is 1.16 bits per heavy atom. The van der Waals surface area contributed by atoms with Gasteiger partial charge in [-0.05, 0) is 36.8 Å². The van der Waals surface area contributed by atoms with E-state index in [9.17, 15) is 4.79 Å². The molecule has 0 radical (unpaired) electrons. The lowest BCUT2D eigenvalue weighted by Gasteiger charge is -2.15. The molecule has 4 nitrogen and oxygen atoms in total. The first-order valence-corrected chi connectivity index (χ1v) is 9.38. The Morgan fingerprint density at radius 2 is 1.88 bits per heavy atom. The van der Waals surface area contributed by atoms with Crippen LogP contribution in [0.4, 0.5) is 5.82 Å². The monoisotopic (exact) mass is 369 g/mol. The third kappa shape index (κ3) is 3.05.